The molecule has 1 saturated heterocycles. The highest BCUT2D eigenvalue weighted by Gasteiger charge is 2.26. The van der Waals surface area contributed by atoms with Crippen LogP contribution >= 0.6 is 0 Å². The summed E-state index contributed by atoms with van der Waals surface area (Å²) in [6.45, 7) is 3.83. The number of carbonyl (C=O) groups is 2. The summed E-state index contributed by atoms with van der Waals surface area (Å²) in [4.78, 5) is 26.6. The minimum Gasteiger partial charge on any atom is -0.379 e. The molecule has 10 heteroatoms. The van der Waals surface area contributed by atoms with E-state index in [9.17, 15) is 22.4 Å². The van der Waals surface area contributed by atoms with E-state index in [-0.39, 0.29) is 42.0 Å². The highest BCUT2D eigenvalue weighted by molar-refractivity contribution is 7.89. The van der Waals surface area contributed by atoms with Crippen molar-refractivity contribution in [1.29, 1.82) is 0 Å². The highest BCUT2D eigenvalue weighted by Crippen LogP contribution is 2.18. The van der Waals surface area contributed by atoms with Gasteiger partial charge in [0.05, 0.1) is 24.7 Å². The number of sulfonamides is 1. The molecule has 1 heterocycles. The van der Waals surface area contributed by atoms with E-state index in [2.05, 4.69) is 5.32 Å². The quantitative estimate of drug-likeness (QED) is 0.548. The van der Waals surface area contributed by atoms with Crippen molar-refractivity contribution in [1.82, 2.24) is 14.5 Å². The predicted molar refractivity (Wildman–Crippen MR) is 125 cm³/mol. The zero-order valence-corrected chi connectivity index (χ0v) is 20.0. The van der Waals surface area contributed by atoms with Gasteiger partial charge >= 0.3 is 0 Å². The Hall–Kier alpha value is -2.82. The first kappa shape index (κ1) is 25.8. The third kappa shape index (κ3) is 7.09. The number of likely N-dealkylation sites (N-methyl/N-ethyl adjacent to an activating group) is 1. The monoisotopic (exact) mass is 491 g/mol. The summed E-state index contributed by atoms with van der Waals surface area (Å²) >= 11 is 0. The van der Waals surface area contributed by atoms with Crippen LogP contribution in [0, 0.1) is 5.82 Å². The van der Waals surface area contributed by atoms with E-state index in [1.165, 1.54) is 21.3 Å². The van der Waals surface area contributed by atoms with Crippen LogP contribution < -0.4 is 5.32 Å². The van der Waals surface area contributed by atoms with Gasteiger partial charge in [0, 0.05) is 32.6 Å². The Balaban J connectivity index is 1.48. The van der Waals surface area contributed by atoms with Gasteiger partial charge in [-0.1, -0.05) is 24.3 Å². The van der Waals surface area contributed by atoms with E-state index >= 15 is 0 Å². The molecule has 0 aliphatic carbocycles. The maximum atomic E-state index is 13.0. The summed E-state index contributed by atoms with van der Waals surface area (Å²) in [7, 11) is -3.55. The smallest absolute Gasteiger partial charge is 0.243 e. The molecule has 3 rings (SSSR count). The lowest BCUT2D eigenvalue weighted by Gasteiger charge is -2.26. The van der Waals surface area contributed by atoms with Crippen molar-refractivity contribution in [3.63, 3.8) is 0 Å². The fraction of sp³-hybridized carbons (Fsp3) is 0.417. The SMILES string of the molecule is CCN(CC(=O)NCc1ccc(F)cc1)C(=O)CCc1ccc(S(=O)(=O)N2CCOCC2)cc1. The van der Waals surface area contributed by atoms with Gasteiger partial charge in [-0.3, -0.25) is 9.59 Å². The molecule has 1 N–H and O–H groups in total. The van der Waals surface area contributed by atoms with Gasteiger partial charge in [-0.15, -0.1) is 0 Å². The van der Waals surface area contributed by atoms with Crippen LogP contribution in [0.25, 0.3) is 0 Å². The number of benzene rings is 2. The van der Waals surface area contributed by atoms with Crippen molar-refractivity contribution >= 4 is 21.8 Å². The first-order chi connectivity index (χ1) is 16.3. The van der Waals surface area contributed by atoms with Gasteiger partial charge in [0.1, 0.15) is 5.82 Å². The second-order valence-electron chi connectivity index (χ2n) is 7.97. The molecular formula is C24H30FN3O5S. The van der Waals surface area contributed by atoms with E-state index in [0.717, 1.165) is 11.1 Å². The van der Waals surface area contributed by atoms with Gasteiger partial charge in [-0.05, 0) is 48.7 Å². The van der Waals surface area contributed by atoms with Crippen molar-refractivity contribution in [3.05, 3.63) is 65.5 Å². The van der Waals surface area contributed by atoms with Gasteiger partial charge in [0.25, 0.3) is 0 Å². The van der Waals surface area contributed by atoms with Gasteiger partial charge < -0.3 is 15.0 Å². The highest BCUT2D eigenvalue weighted by atomic mass is 32.2. The molecule has 0 bridgehead atoms. The van der Waals surface area contributed by atoms with Crippen molar-refractivity contribution in [2.45, 2.75) is 31.2 Å². The average Bonchev–Trinajstić information content (AvgIpc) is 2.86. The van der Waals surface area contributed by atoms with Crippen LogP contribution in [0.4, 0.5) is 4.39 Å². The molecule has 1 aliphatic rings. The zero-order chi connectivity index (χ0) is 24.6. The lowest BCUT2D eigenvalue weighted by Crippen LogP contribution is -2.40. The second-order valence-corrected chi connectivity index (χ2v) is 9.91. The molecule has 0 saturated carbocycles. The van der Waals surface area contributed by atoms with E-state index in [0.29, 0.717) is 39.3 Å². The molecule has 8 nitrogen and oxygen atoms in total. The Morgan fingerprint density at radius 3 is 2.26 bits per heavy atom. The number of rotatable bonds is 10. The molecule has 0 atom stereocenters. The van der Waals surface area contributed by atoms with Crippen LogP contribution in [0.2, 0.25) is 0 Å². The fourth-order valence-corrected chi connectivity index (χ4v) is 4.99. The molecule has 1 fully saturated rings. The molecule has 2 amide bonds. The molecule has 34 heavy (non-hydrogen) atoms. The molecule has 0 aromatic heterocycles. The number of carbonyl (C=O) groups excluding carboxylic acids is 2. The van der Waals surface area contributed by atoms with Crippen molar-refractivity contribution < 1.29 is 27.1 Å². The van der Waals surface area contributed by atoms with Crippen molar-refractivity contribution in [3.8, 4) is 0 Å². The molecular weight excluding hydrogens is 461 g/mol. The standard InChI is InChI=1S/C24H30FN3O5S/c1-2-27(18-23(29)26-17-20-3-8-21(25)9-4-20)24(30)12-7-19-5-10-22(11-6-19)34(31,32)28-13-15-33-16-14-28/h3-6,8-11H,2,7,12-18H2,1H3,(H,26,29). The molecule has 184 valence electrons. The van der Waals surface area contributed by atoms with E-state index in [1.54, 1.807) is 43.3 Å². The number of aryl methyl sites for hydroxylation is 1. The van der Waals surface area contributed by atoms with Gasteiger partial charge in [0.2, 0.25) is 21.8 Å². The maximum Gasteiger partial charge on any atom is 0.243 e. The number of amides is 2. The number of ether oxygens (including phenoxy) is 1. The summed E-state index contributed by atoms with van der Waals surface area (Å²) in [6.07, 6.45) is 0.638. The molecule has 0 unspecified atom stereocenters. The number of nitrogens with one attached hydrogen (secondary N) is 1. The summed E-state index contributed by atoms with van der Waals surface area (Å²) in [5.41, 5.74) is 1.61. The lowest BCUT2D eigenvalue weighted by molar-refractivity contribution is -0.135. The van der Waals surface area contributed by atoms with Crippen LogP contribution in [0.5, 0.6) is 0 Å². The van der Waals surface area contributed by atoms with Crippen LogP contribution in [0.3, 0.4) is 0 Å². The first-order valence-corrected chi connectivity index (χ1v) is 12.7. The Labute approximate surface area is 199 Å². The number of hydrogen-bond donors (Lipinski definition) is 1. The predicted octanol–water partition coefficient (Wildman–Crippen LogP) is 1.94. The van der Waals surface area contributed by atoms with Gasteiger partial charge in [0.15, 0.2) is 0 Å². The maximum absolute atomic E-state index is 13.0. The minimum atomic E-state index is -3.55. The lowest BCUT2D eigenvalue weighted by atomic mass is 10.1. The Morgan fingerprint density at radius 2 is 1.65 bits per heavy atom. The Kier molecular flexibility index (Phi) is 9.14. The number of morpholine rings is 1. The van der Waals surface area contributed by atoms with Crippen LogP contribution in [-0.2, 0) is 37.3 Å². The summed E-state index contributed by atoms with van der Waals surface area (Å²) in [5, 5.41) is 2.74. The molecule has 0 spiro atoms. The minimum absolute atomic E-state index is 0.0622. The van der Waals surface area contributed by atoms with Crippen LogP contribution in [0.15, 0.2) is 53.4 Å². The summed E-state index contributed by atoms with van der Waals surface area (Å²) in [5.74, 6) is -0.798. The molecule has 2 aromatic carbocycles. The van der Waals surface area contributed by atoms with E-state index < -0.39 is 10.0 Å². The molecule has 1 aliphatic heterocycles. The third-order valence-electron chi connectivity index (χ3n) is 5.63. The van der Waals surface area contributed by atoms with Gasteiger partial charge in [-0.2, -0.15) is 4.31 Å². The third-order valence-corrected chi connectivity index (χ3v) is 7.54. The van der Waals surface area contributed by atoms with Gasteiger partial charge in [-0.25, -0.2) is 12.8 Å². The first-order valence-electron chi connectivity index (χ1n) is 11.3. The average molecular weight is 492 g/mol. The zero-order valence-electron chi connectivity index (χ0n) is 19.2. The summed E-state index contributed by atoms with van der Waals surface area (Å²) < 4.78 is 45.0. The summed E-state index contributed by atoms with van der Waals surface area (Å²) in [6, 6.07) is 12.4. The largest absolute Gasteiger partial charge is 0.379 e. The number of hydrogen-bond acceptors (Lipinski definition) is 5. The number of halogens is 1. The molecule has 2 aromatic rings. The van der Waals surface area contributed by atoms with Crippen LogP contribution in [0.1, 0.15) is 24.5 Å². The normalized spacial score (nSPS) is 14.5. The van der Waals surface area contributed by atoms with Crippen molar-refractivity contribution in [2.24, 2.45) is 0 Å². The second kappa shape index (κ2) is 12.0. The Morgan fingerprint density at radius 1 is 1.03 bits per heavy atom. The van der Waals surface area contributed by atoms with Crippen LogP contribution in [-0.4, -0.2) is 68.8 Å². The Bertz CT molecular complexity index is 1070. The van der Waals surface area contributed by atoms with E-state index in [4.69, 9.17) is 4.74 Å². The van der Waals surface area contributed by atoms with E-state index in [1.807, 2.05) is 0 Å². The van der Waals surface area contributed by atoms with Crippen molar-refractivity contribution in [2.75, 3.05) is 39.4 Å². The fourth-order valence-electron chi connectivity index (χ4n) is 3.58. The number of nitrogens with zero attached hydrogens (tertiary/aromatic N) is 2. The molecule has 0 radical (unpaired) electrons. The topological polar surface area (TPSA) is 96.0 Å².